The highest BCUT2D eigenvalue weighted by atomic mass is 14.7. The second kappa shape index (κ2) is 3.19. The van der Waals surface area contributed by atoms with Gasteiger partial charge in [0.05, 0.1) is 0 Å². The molecular formula is C9H12N2. The minimum Gasteiger partial charge on any atom is -0.384 e. The molecule has 0 amide bonds. The Bertz CT molecular complexity index is 257. The van der Waals surface area contributed by atoms with E-state index in [4.69, 9.17) is 11.1 Å². The Kier molecular flexibility index (Phi) is 2.26. The van der Waals surface area contributed by atoms with Gasteiger partial charge < -0.3 is 5.73 Å². The van der Waals surface area contributed by atoms with E-state index in [-0.39, 0.29) is 5.84 Å². The summed E-state index contributed by atoms with van der Waals surface area (Å²) in [5, 5.41) is 7.18. The molecule has 0 aromatic rings. The molecule has 0 saturated carbocycles. The molecule has 0 bridgehead atoms. The molecule has 1 rings (SSSR count). The number of nitrogens with two attached hydrogens (primary N) is 1. The zero-order chi connectivity index (χ0) is 8.27. The summed E-state index contributed by atoms with van der Waals surface area (Å²) < 4.78 is 0. The summed E-state index contributed by atoms with van der Waals surface area (Å²) in [6, 6.07) is 0. The minimum atomic E-state index is 0.132. The Hall–Kier alpha value is -1.31. The van der Waals surface area contributed by atoms with Gasteiger partial charge in [-0.15, -0.1) is 0 Å². The lowest BCUT2D eigenvalue weighted by Gasteiger charge is -1.93. The molecule has 0 spiro atoms. The fourth-order valence-electron chi connectivity index (χ4n) is 0.907. The summed E-state index contributed by atoms with van der Waals surface area (Å²) in [4.78, 5) is 0. The first-order valence-corrected chi connectivity index (χ1v) is 3.58. The Morgan fingerprint density at radius 1 is 1.55 bits per heavy atom. The van der Waals surface area contributed by atoms with Crippen molar-refractivity contribution in [1.29, 1.82) is 5.41 Å². The van der Waals surface area contributed by atoms with Crippen LogP contribution in [0, 0.1) is 5.41 Å². The quantitative estimate of drug-likeness (QED) is 0.432. The van der Waals surface area contributed by atoms with Crippen molar-refractivity contribution in [2.75, 3.05) is 0 Å². The van der Waals surface area contributed by atoms with Crippen LogP contribution in [-0.2, 0) is 0 Å². The third kappa shape index (κ3) is 2.08. The number of nitrogens with one attached hydrogen (secondary N) is 1. The van der Waals surface area contributed by atoms with Crippen LogP contribution in [0.5, 0.6) is 0 Å². The Morgan fingerprint density at radius 2 is 2.27 bits per heavy atom. The fraction of sp³-hybridized carbons (Fsp3) is 0.222. The topological polar surface area (TPSA) is 49.9 Å². The van der Waals surface area contributed by atoms with Gasteiger partial charge in [0.25, 0.3) is 0 Å². The maximum atomic E-state index is 7.18. The molecule has 1 aliphatic rings. The van der Waals surface area contributed by atoms with E-state index >= 15 is 0 Å². The van der Waals surface area contributed by atoms with Crippen LogP contribution in [0.3, 0.4) is 0 Å². The van der Waals surface area contributed by atoms with E-state index in [1.54, 1.807) is 0 Å². The van der Waals surface area contributed by atoms with Crippen LogP contribution >= 0.6 is 0 Å². The second-order valence-corrected chi connectivity index (χ2v) is 2.66. The highest BCUT2D eigenvalue weighted by Crippen LogP contribution is 2.09. The van der Waals surface area contributed by atoms with Gasteiger partial charge in [-0.2, -0.15) is 0 Å². The molecule has 0 fully saturated rings. The molecule has 0 saturated heterocycles. The van der Waals surface area contributed by atoms with E-state index in [0.29, 0.717) is 0 Å². The molecular weight excluding hydrogens is 136 g/mol. The van der Waals surface area contributed by atoms with Crippen LogP contribution in [0.2, 0.25) is 0 Å². The Labute approximate surface area is 66.6 Å². The summed E-state index contributed by atoms with van der Waals surface area (Å²) in [6.07, 6.45) is 8.73. The first-order valence-electron chi connectivity index (χ1n) is 3.58. The van der Waals surface area contributed by atoms with E-state index in [0.717, 1.165) is 12.0 Å². The number of hydrogen-bond donors (Lipinski definition) is 2. The lowest BCUT2D eigenvalue weighted by Crippen LogP contribution is -2.10. The largest absolute Gasteiger partial charge is 0.384 e. The molecule has 11 heavy (non-hydrogen) atoms. The second-order valence-electron chi connectivity index (χ2n) is 2.66. The van der Waals surface area contributed by atoms with Gasteiger partial charge in [-0.3, -0.25) is 5.41 Å². The molecule has 1 aliphatic carbocycles. The van der Waals surface area contributed by atoms with Crippen molar-refractivity contribution in [3.63, 3.8) is 0 Å². The third-order valence-electron chi connectivity index (χ3n) is 1.60. The van der Waals surface area contributed by atoms with Gasteiger partial charge in [0.15, 0.2) is 0 Å². The fourth-order valence-corrected chi connectivity index (χ4v) is 0.907. The maximum Gasteiger partial charge on any atom is 0.122 e. The summed E-state index contributed by atoms with van der Waals surface area (Å²) in [7, 11) is 0. The monoisotopic (exact) mass is 148 g/mol. The van der Waals surface area contributed by atoms with Crippen LogP contribution in [0.4, 0.5) is 0 Å². The Morgan fingerprint density at radius 3 is 2.91 bits per heavy atom. The Balaban J connectivity index is 2.89. The third-order valence-corrected chi connectivity index (χ3v) is 1.60. The van der Waals surface area contributed by atoms with Crippen LogP contribution < -0.4 is 5.73 Å². The summed E-state index contributed by atoms with van der Waals surface area (Å²) in [6.45, 7) is 2.06. The molecule has 0 aliphatic heterocycles. The van der Waals surface area contributed by atoms with Gasteiger partial charge in [-0.05, 0) is 13.3 Å². The normalized spacial score (nSPS) is 16.8. The smallest absolute Gasteiger partial charge is 0.122 e. The van der Waals surface area contributed by atoms with E-state index in [2.05, 4.69) is 6.92 Å². The molecule has 2 nitrogen and oxygen atoms in total. The van der Waals surface area contributed by atoms with Crippen molar-refractivity contribution >= 4 is 5.84 Å². The first kappa shape index (κ1) is 7.79. The van der Waals surface area contributed by atoms with E-state index in [1.165, 1.54) is 5.57 Å². The van der Waals surface area contributed by atoms with Crippen LogP contribution in [0.25, 0.3) is 0 Å². The molecule has 0 atom stereocenters. The predicted molar refractivity (Wildman–Crippen MR) is 47.5 cm³/mol. The number of amidine groups is 1. The molecule has 2 heteroatoms. The van der Waals surface area contributed by atoms with Gasteiger partial charge in [0, 0.05) is 5.57 Å². The number of hydrogen-bond acceptors (Lipinski definition) is 1. The van der Waals surface area contributed by atoms with Crippen LogP contribution in [0.1, 0.15) is 13.3 Å². The lowest BCUT2D eigenvalue weighted by atomic mass is 10.2. The average Bonchev–Trinajstić information content (AvgIpc) is 2.13. The van der Waals surface area contributed by atoms with Crippen LogP contribution in [0.15, 0.2) is 35.5 Å². The average molecular weight is 148 g/mol. The van der Waals surface area contributed by atoms with E-state index in [9.17, 15) is 0 Å². The van der Waals surface area contributed by atoms with E-state index in [1.807, 2.05) is 24.3 Å². The summed E-state index contributed by atoms with van der Waals surface area (Å²) >= 11 is 0. The molecule has 0 unspecified atom stereocenters. The maximum absolute atomic E-state index is 7.18. The number of rotatable bonds is 1. The van der Waals surface area contributed by atoms with Crippen molar-refractivity contribution in [2.24, 2.45) is 5.73 Å². The van der Waals surface area contributed by atoms with E-state index < -0.39 is 0 Å². The molecule has 0 aromatic heterocycles. The van der Waals surface area contributed by atoms with Gasteiger partial charge >= 0.3 is 0 Å². The van der Waals surface area contributed by atoms with Crippen molar-refractivity contribution in [3.8, 4) is 0 Å². The molecule has 3 N–H and O–H groups in total. The minimum absolute atomic E-state index is 0.132. The highest BCUT2D eigenvalue weighted by molar-refractivity contribution is 5.97. The first-order chi connectivity index (χ1) is 5.20. The van der Waals surface area contributed by atoms with Gasteiger partial charge in [0.1, 0.15) is 5.84 Å². The molecule has 58 valence electrons. The van der Waals surface area contributed by atoms with Crippen molar-refractivity contribution in [1.82, 2.24) is 0 Å². The van der Waals surface area contributed by atoms with Gasteiger partial charge in [-0.1, -0.05) is 29.9 Å². The molecule has 0 radical (unpaired) electrons. The van der Waals surface area contributed by atoms with Gasteiger partial charge in [-0.25, -0.2) is 0 Å². The lowest BCUT2D eigenvalue weighted by molar-refractivity contribution is 1.22. The SMILES string of the molecule is CC1=CC=C(C(=N)N)C=CC1. The van der Waals surface area contributed by atoms with Crippen molar-refractivity contribution in [2.45, 2.75) is 13.3 Å². The zero-order valence-corrected chi connectivity index (χ0v) is 6.59. The van der Waals surface area contributed by atoms with Gasteiger partial charge in [0.2, 0.25) is 0 Å². The number of allylic oxidation sites excluding steroid dienone is 4. The summed E-state index contributed by atoms with van der Waals surface area (Å²) in [5.41, 5.74) is 7.40. The van der Waals surface area contributed by atoms with Crippen LogP contribution in [-0.4, -0.2) is 5.84 Å². The molecule has 0 heterocycles. The summed E-state index contributed by atoms with van der Waals surface area (Å²) in [5.74, 6) is 0.132. The predicted octanol–water partition coefficient (Wildman–Crippen LogP) is 1.75. The van der Waals surface area contributed by atoms with Crippen molar-refractivity contribution in [3.05, 3.63) is 35.5 Å². The van der Waals surface area contributed by atoms with Crippen molar-refractivity contribution < 1.29 is 0 Å². The highest BCUT2D eigenvalue weighted by Gasteiger charge is 1.97. The standard InChI is InChI=1S/C9H12N2/c1-7-3-2-4-8(6-5-7)9(10)11/h2,4-6H,3H2,1H3,(H3,10,11). The molecule has 0 aromatic carbocycles. The zero-order valence-electron chi connectivity index (χ0n) is 6.59.